The van der Waals surface area contributed by atoms with Crippen molar-refractivity contribution in [2.45, 2.75) is 25.4 Å². The van der Waals surface area contributed by atoms with E-state index in [4.69, 9.17) is 14.2 Å². The van der Waals surface area contributed by atoms with Crippen LogP contribution in [0.4, 0.5) is 5.69 Å². The number of carbonyl (C=O) groups excluding carboxylic acids is 1. The number of hydrogen-bond donors (Lipinski definition) is 2. The van der Waals surface area contributed by atoms with Crippen molar-refractivity contribution in [1.82, 2.24) is 0 Å². The van der Waals surface area contributed by atoms with Crippen molar-refractivity contribution in [1.29, 1.82) is 0 Å². The van der Waals surface area contributed by atoms with Crippen LogP contribution in [0.3, 0.4) is 0 Å². The fraction of sp³-hybridized carbons (Fsp3) is 0.350. The molecule has 1 atom stereocenters. The minimum absolute atomic E-state index is 0.132. The van der Waals surface area contributed by atoms with Crippen LogP contribution in [0.2, 0.25) is 0 Å². The molecule has 0 saturated carbocycles. The van der Waals surface area contributed by atoms with Crippen LogP contribution in [-0.2, 0) is 11.2 Å². The van der Waals surface area contributed by atoms with Gasteiger partial charge in [-0.1, -0.05) is 12.1 Å². The molecule has 1 aliphatic rings. The highest BCUT2D eigenvalue weighted by molar-refractivity contribution is 5.93. The van der Waals surface area contributed by atoms with Crippen LogP contribution in [-0.4, -0.2) is 31.8 Å². The zero-order valence-corrected chi connectivity index (χ0v) is 15.0. The second kappa shape index (κ2) is 8.10. The predicted molar refractivity (Wildman–Crippen MR) is 98.0 cm³/mol. The van der Waals surface area contributed by atoms with E-state index in [0.717, 1.165) is 30.4 Å². The van der Waals surface area contributed by atoms with Gasteiger partial charge in [0.25, 0.3) is 5.91 Å². The SMILES string of the molecule is COc1ccc(OC)c(NC(=O)COc2cccc3c2CCCC3O)c1. The molecule has 2 aromatic rings. The number of aliphatic hydroxyl groups excluding tert-OH is 1. The quantitative estimate of drug-likeness (QED) is 0.831. The van der Waals surface area contributed by atoms with E-state index in [1.165, 1.54) is 7.11 Å². The number of ether oxygens (including phenoxy) is 3. The Morgan fingerprint density at radius 3 is 2.81 bits per heavy atom. The third-order valence-corrected chi connectivity index (χ3v) is 4.47. The van der Waals surface area contributed by atoms with Gasteiger partial charge in [0.1, 0.15) is 17.2 Å². The number of methoxy groups -OCH3 is 2. The number of anilines is 1. The normalized spacial score (nSPS) is 15.7. The van der Waals surface area contributed by atoms with Crippen LogP contribution in [0.1, 0.15) is 30.1 Å². The van der Waals surface area contributed by atoms with E-state index in [1.807, 2.05) is 18.2 Å². The van der Waals surface area contributed by atoms with Gasteiger partial charge < -0.3 is 24.6 Å². The number of benzene rings is 2. The molecule has 0 heterocycles. The molecule has 0 fully saturated rings. The molecule has 1 unspecified atom stereocenters. The number of amides is 1. The minimum Gasteiger partial charge on any atom is -0.497 e. The Balaban J connectivity index is 1.68. The van der Waals surface area contributed by atoms with Crippen molar-refractivity contribution in [3.05, 3.63) is 47.5 Å². The highest BCUT2D eigenvalue weighted by atomic mass is 16.5. The lowest BCUT2D eigenvalue weighted by Gasteiger charge is -2.23. The Morgan fingerprint density at radius 2 is 2.04 bits per heavy atom. The maximum Gasteiger partial charge on any atom is 0.262 e. The smallest absolute Gasteiger partial charge is 0.262 e. The van der Waals surface area contributed by atoms with E-state index in [-0.39, 0.29) is 12.5 Å². The lowest BCUT2D eigenvalue weighted by atomic mass is 9.89. The lowest BCUT2D eigenvalue weighted by molar-refractivity contribution is -0.118. The highest BCUT2D eigenvalue weighted by Gasteiger charge is 2.21. The van der Waals surface area contributed by atoms with Gasteiger partial charge in [0.05, 0.1) is 26.0 Å². The van der Waals surface area contributed by atoms with Crippen LogP contribution in [0, 0.1) is 0 Å². The molecular formula is C20H23NO5. The first-order chi connectivity index (χ1) is 12.6. The molecule has 0 aliphatic heterocycles. The Kier molecular flexibility index (Phi) is 5.63. The number of nitrogens with one attached hydrogen (secondary N) is 1. The van der Waals surface area contributed by atoms with Gasteiger partial charge >= 0.3 is 0 Å². The fourth-order valence-electron chi connectivity index (χ4n) is 3.17. The fourth-order valence-corrected chi connectivity index (χ4v) is 3.17. The van der Waals surface area contributed by atoms with Crippen molar-refractivity contribution >= 4 is 11.6 Å². The van der Waals surface area contributed by atoms with Gasteiger partial charge in [0, 0.05) is 6.07 Å². The van der Waals surface area contributed by atoms with Crippen molar-refractivity contribution in [2.75, 3.05) is 26.1 Å². The monoisotopic (exact) mass is 357 g/mol. The first-order valence-corrected chi connectivity index (χ1v) is 8.57. The predicted octanol–water partition coefficient (Wildman–Crippen LogP) is 3.09. The number of carbonyl (C=O) groups is 1. The molecule has 138 valence electrons. The van der Waals surface area contributed by atoms with Crippen LogP contribution in [0.15, 0.2) is 36.4 Å². The molecule has 2 aromatic carbocycles. The van der Waals surface area contributed by atoms with E-state index in [2.05, 4.69) is 5.32 Å². The van der Waals surface area contributed by atoms with Crippen molar-refractivity contribution < 1.29 is 24.1 Å². The Morgan fingerprint density at radius 1 is 1.19 bits per heavy atom. The summed E-state index contributed by atoms with van der Waals surface area (Å²) in [6.45, 7) is -0.132. The average Bonchev–Trinajstić information content (AvgIpc) is 2.66. The molecule has 0 spiro atoms. The summed E-state index contributed by atoms with van der Waals surface area (Å²) in [5.74, 6) is 1.51. The molecular weight excluding hydrogens is 334 g/mol. The largest absolute Gasteiger partial charge is 0.497 e. The minimum atomic E-state index is -0.461. The number of rotatable bonds is 6. The average molecular weight is 357 g/mol. The highest BCUT2D eigenvalue weighted by Crippen LogP contribution is 2.35. The standard InChI is InChI=1S/C20H23NO5/c1-24-13-9-10-19(25-2)16(11-13)21-20(23)12-26-18-8-4-5-14-15(18)6-3-7-17(14)22/h4-5,8-11,17,22H,3,6-7,12H2,1-2H3,(H,21,23). The zero-order valence-electron chi connectivity index (χ0n) is 15.0. The summed E-state index contributed by atoms with van der Waals surface area (Å²) in [5, 5.41) is 12.9. The van der Waals surface area contributed by atoms with Gasteiger partial charge in [-0.25, -0.2) is 0 Å². The molecule has 0 bridgehead atoms. The molecule has 6 heteroatoms. The summed E-state index contributed by atoms with van der Waals surface area (Å²) in [6.07, 6.45) is 2.04. The molecule has 0 aromatic heterocycles. The molecule has 1 aliphatic carbocycles. The first kappa shape index (κ1) is 18.1. The summed E-state index contributed by atoms with van der Waals surface area (Å²) in [6, 6.07) is 10.8. The number of aliphatic hydroxyl groups is 1. The molecule has 26 heavy (non-hydrogen) atoms. The first-order valence-electron chi connectivity index (χ1n) is 8.57. The van der Waals surface area contributed by atoms with E-state index < -0.39 is 6.10 Å². The molecule has 6 nitrogen and oxygen atoms in total. The van der Waals surface area contributed by atoms with E-state index in [9.17, 15) is 9.90 Å². The molecule has 3 rings (SSSR count). The summed E-state index contributed by atoms with van der Waals surface area (Å²) in [7, 11) is 3.10. The number of fused-ring (bicyclic) bond motifs is 1. The van der Waals surface area contributed by atoms with Crippen molar-refractivity contribution in [3.63, 3.8) is 0 Å². The number of hydrogen-bond acceptors (Lipinski definition) is 5. The lowest BCUT2D eigenvalue weighted by Crippen LogP contribution is -2.21. The molecule has 2 N–H and O–H groups in total. The summed E-state index contributed by atoms with van der Waals surface area (Å²) in [4.78, 5) is 12.3. The van der Waals surface area contributed by atoms with E-state index in [1.54, 1.807) is 25.3 Å². The Hall–Kier alpha value is -2.73. The van der Waals surface area contributed by atoms with E-state index in [0.29, 0.717) is 22.9 Å². The third kappa shape index (κ3) is 3.91. The topological polar surface area (TPSA) is 77.0 Å². The molecule has 0 saturated heterocycles. The van der Waals surface area contributed by atoms with Crippen molar-refractivity contribution in [2.24, 2.45) is 0 Å². The summed E-state index contributed by atoms with van der Waals surface area (Å²) < 4.78 is 16.2. The van der Waals surface area contributed by atoms with Gasteiger partial charge in [-0.3, -0.25) is 4.79 Å². The van der Waals surface area contributed by atoms with Crippen LogP contribution in [0.25, 0.3) is 0 Å². The molecule has 1 amide bonds. The van der Waals surface area contributed by atoms with E-state index >= 15 is 0 Å². The van der Waals surface area contributed by atoms with Crippen LogP contribution < -0.4 is 19.5 Å². The van der Waals surface area contributed by atoms with Gasteiger partial charge in [-0.05, 0) is 48.6 Å². The van der Waals surface area contributed by atoms with Gasteiger partial charge in [0.2, 0.25) is 0 Å². The van der Waals surface area contributed by atoms with Gasteiger partial charge in [-0.15, -0.1) is 0 Å². The second-order valence-electron chi connectivity index (χ2n) is 6.14. The Labute approximate surface area is 152 Å². The third-order valence-electron chi connectivity index (χ3n) is 4.47. The van der Waals surface area contributed by atoms with Crippen molar-refractivity contribution in [3.8, 4) is 17.2 Å². The molecule has 0 radical (unpaired) electrons. The summed E-state index contributed by atoms with van der Waals surface area (Å²) in [5.41, 5.74) is 2.40. The van der Waals surface area contributed by atoms with Crippen LogP contribution >= 0.6 is 0 Å². The van der Waals surface area contributed by atoms with Gasteiger partial charge in [-0.2, -0.15) is 0 Å². The van der Waals surface area contributed by atoms with Gasteiger partial charge in [0.15, 0.2) is 6.61 Å². The maximum atomic E-state index is 12.3. The Bertz CT molecular complexity index is 790. The van der Waals surface area contributed by atoms with Crippen LogP contribution in [0.5, 0.6) is 17.2 Å². The maximum absolute atomic E-state index is 12.3. The zero-order chi connectivity index (χ0) is 18.5. The summed E-state index contributed by atoms with van der Waals surface area (Å²) >= 11 is 0. The second-order valence-corrected chi connectivity index (χ2v) is 6.14.